The maximum Gasteiger partial charge on any atom is 0.253 e. The van der Waals surface area contributed by atoms with Gasteiger partial charge in [0, 0.05) is 25.2 Å². The second-order valence-electron chi connectivity index (χ2n) is 8.27. The molecule has 0 radical (unpaired) electrons. The van der Waals surface area contributed by atoms with E-state index >= 15 is 0 Å². The normalized spacial score (nSPS) is 17.8. The summed E-state index contributed by atoms with van der Waals surface area (Å²) in [7, 11) is 3.91. The van der Waals surface area contributed by atoms with Gasteiger partial charge in [-0.1, -0.05) is 12.1 Å². The van der Waals surface area contributed by atoms with Crippen LogP contribution in [0.25, 0.3) is 0 Å². The van der Waals surface area contributed by atoms with Crippen LogP contribution in [0.1, 0.15) is 49.0 Å². The quantitative estimate of drug-likeness (QED) is 0.824. The van der Waals surface area contributed by atoms with Gasteiger partial charge in [-0.3, -0.25) is 4.79 Å². The maximum atomic E-state index is 12.8. The number of hydrogen-bond acceptors (Lipinski definition) is 4. The lowest BCUT2D eigenvalue weighted by Crippen LogP contribution is -2.51. The third kappa shape index (κ3) is 6.10. The van der Waals surface area contributed by atoms with Gasteiger partial charge in [-0.25, -0.2) is 0 Å². The van der Waals surface area contributed by atoms with Crippen LogP contribution in [0.4, 0.5) is 0 Å². The number of rotatable bonds is 6. The van der Waals surface area contributed by atoms with Crippen molar-refractivity contribution < 1.29 is 15.0 Å². The SMILES string of the molecule is CN(C)CC1(O)CCN(C(=O)c2cccc(CCC(C)(C)O)c2)CC1. The van der Waals surface area contributed by atoms with E-state index in [9.17, 15) is 15.0 Å². The Labute approximate surface area is 151 Å². The van der Waals surface area contributed by atoms with E-state index in [0.29, 0.717) is 44.5 Å². The van der Waals surface area contributed by atoms with Crippen LogP contribution in [-0.2, 0) is 6.42 Å². The van der Waals surface area contributed by atoms with Gasteiger partial charge in [-0.05, 0) is 71.3 Å². The molecule has 2 rings (SSSR count). The lowest BCUT2D eigenvalue weighted by Gasteiger charge is -2.39. The summed E-state index contributed by atoms with van der Waals surface area (Å²) in [6.07, 6.45) is 2.61. The molecule has 5 heteroatoms. The number of aliphatic hydroxyl groups is 2. The number of likely N-dealkylation sites (N-methyl/N-ethyl adjacent to an activating group) is 1. The Bertz CT molecular complexity index is 585. The van der Waals surface area contributed by atoms with Crippen molar-refractivity contribution in [2.24, 2.45) is 0 Å². The number of piperidine rings is 1. The van der Waals surface area contributed by atoms with Crippen molar-refractivity contribution >= 4 is 5.91 Å². The molecule has 0 aromatic heterocycles. The van der Waals surface area contributed by atoms with Crippen LogP contribution < -0.4 is 0 Å². The molecule has 1 aromatic rings. The van der Waals surface area contributed by atoms with E-state index in [1.807, 2.05) is 48.2 Å². The summed E-state index contributed by atoms with van der Waals surface area (Å²) >= 11 is 0. The second-order valence-corrected chi connectivity index (χ2v) is 8.27. The van der Waals surface area contributed by atoms with Crippen LogP contribution in [-0.4, -0.2) is 70.9 Å². The topological polar surface area (TPSA) is 64.0 Å². The van der Waals surface area contributed by atoms with Gasteiger partial charge in [0.2, 0.25) is 0 Å². The molecule has 1 fully saturated rings. The van der Waals surface area contributed by atoms with Crippen molar-refractivity contribution in [1.29, 1.82) is 0 Å². The number of likely N-dealkylation sites (tertiary alicyclic amines) is 1. The van der Waals surface area contributed by atoms with Crippen molar-refractivity contribution in [3.05, 3.63) is 35.4 Å². The minimum Gasteiger partial charge on any atom is -0.390 e. The molecule has 0 bridgehead atoms. The summed E-state index contributed by atoms with van der Waals surface area (Å²) < 4.78 is 0. The Balaban J connectivity index is 1.97. The fraction of sp³-hybridized carbons (Fsp3) is 0.650. The summed E-state index contributed by atoms with van der Waals surface area (Å²) in [6, 6.07) is 7.67. The molecule has 2 N–H and O–H groups in total. The molecule has 0 spiro atoms. The molecule has 0 saturated carbocycles. The van der Waals surface area contributed by atoms with Crippen molar-refractivity contribution in [3.63, 3.8) is 0 Å². The Morgan fingerprint density at radius 3 is 2.48 bits per heavy atom. The molecular weight excluding hydrogens is 316 g/mol. The first kappa shape index (κ1) is 19.9. The number of carbonyl (C=O) groups is 1. The fourth-order valence-electron chi connectivity index (χ4n) is 3.37. The van der Waals surface area contributed by atoms with Gasteiger partial charge in [0.15, 0.2) is 0 Å². The molecule has 1 saturated heterocycles. The van der Waals surface area contributed by atoms with Crippen LogP contribution >= 0.6 is 0 Å². The molecule has 1 aromatic carbocycles. The molecule has 25 heavy (non-hydrogen) atoms. The molecular formula is C20H32N2O3. The summed E-state index contributed by atoms with van der Waals surface area (Å²) in [4.78, 5) is 16.6. The summed E-state index contributed by atoms with van der Waals surface area (Å²) in [5.41, 5.74) is 0.346. The van der Waals surface area contributed by atoms with E-state index in [1.165, 1.54) is 0 Å². The molecule has 140 valence electrons. The van der Waals surface area contributed by atoms with E-state index in [1.54, 1.807) is 13.8 Å². The van der Waals surface area contributed by atoms with Gasteiger partial charge in [-0.2, -0.15) is 0 Å². The average molecular weight is 348 g/mol. The van der Waals surface area contributed by atoms with E-state index in [0.717, 1.165) is 12.0 Å². The first-order chi connectivity index (χ1) is 11.6. The zero-order valence-corrected chi connectivity index (χ0v) is 16.0. The number of benzene rings is 1. The zero-order chi connectivity index (χ0) is 18.7. The largest absolute Gasteiger partial charge is 0.390 e. The minimum atomic E-state index is -0.705. The monoisotopic (exact) mass is 348 g/mol. The Morgan fingerprint density at radius 2 is 1.92 bits per heavy atom. The van der Waals surface area contributed by atoms with Crippen molar-refractivity contribution in [1.82, 2.24) is 9.80 Å². The Hall–Kier alpha value is -1.43. The van der Waals surface area contributed by atoms with Gasteiger partial charge in [0.05, 0.1) is 11.2 Å². The smallest absolute Gasteiger partial charge is 0.253 e. The van der Waals surface area contributed by atoms with Crippen LogP contribution in [0.15, 0.2) is 24.3 Å². The van der Waals surface area contributed by atoms with Gasteiger partial charge in [0.1, 0.15) is 0 Å². The Kier molecular flexibility index (Phi) is 6.25. The molecule has 1 aliphatic heterocycles. The second kappa shape index (κ2) is 7.85. The van der Waals surface area contributed by atoms with E-state index in [4.69, 9.17) is 0 Å². The van der Waals surface area contributed by atoms with Gasteiger partial charge < -0.3 is 20.0 Å². The lowest BCUT2D eigenvalue weighted by atomic mass is 9.90. The maximum absolute atomic E-state index is 12.8. The van der Waals surface area contributed by atoms with Gasteiger partial charge in [-0.15, -0.1) is 0 Å². The number of hydrogen-bond donors (Lipinski definition) is 2. The fourth-order valence-corrected chi connectivity index (χ4v) is 3.37. The molecule has 1 heterocycles. The van der Waals surface area contributed by atoms with Gasteiger partial charge >= 0.3 is 0 Å². The first-order valence-electron chi connectivity index (χ1n) is 9.06. The molecule has 0 atom stereocenters. The molecule has 1 amide bonds. The van der Waals surface area contributed by atoms with Crippen LogP contribution in [0.5, 0.6) is 0 Å². The predicted molar refractivity (Wildman–Crippen MR) is 99.7 cm³/mol. The van der Waals surface area contributed by atoms with Crippen LogP contribution in [0.3, 0.4) is 0 Å². The number of aryl methyl sites for hydroxylation is 1. The molecule has 1 aliphatic rings. The highest BCUT2D eigenvalue weighted by molar-refractivity contribution is 5.94. The molecule has 5 nitrogen and oxygen atoms in total. The van der Waals surface area contributed by atoms with Crippen LogP contribution in [0, 0.1) is 0 Å². The highest BCUT2D eigenvalue weighted by Crippen LogP contribution is 2.24. The van der Waals surface area contributed by atoms with E-state index < -0.39 is 11.2 Å². The van der Waals surface area contributed by atoms with Crippen molar-refractivity contribution in [2.75, 3.05) is 33.7 Å². The standard InChI is InChI=1S/C20H32N2O3/c1-19(2,24)9-8-16-6-5-7-17(14-16)18(23)22-12-10-20(25,11-13-22)15-21(3)4/h5-7,14,24-25H,8-13,15H2,1-4H3. The first-order valence-corrected chi connectivity index (χ1v) is 9.06. The average Bonchev–Trinajstić information content (AvgIpc) is 2.51. The van der Waals surface area contributed by atoms with Gasteiger partial charge in [0.25, 0.3) is 5.91 Å². The van der Waals surface area contributed by atoms with E-state index in [2.05, 4.69) is 0 Å². The number of amides is 1. The number of carbonyl (C=O) groups excluding carboxylic acids is 1. The summed E-state index contributed by atoms with van der Waals surface area (Å²) in [5, 5.41) is 20.5. The zero-order valence-electron chi connectivity index (χ0n) is 16.0. The predicted octanol–water partition coefficient (Wildman–Crippen LogP) is 1.92. The minimum absolute atomic E-state index is 0.0250. The highest BCUT2D eigenvalue weighted by Gasteiger charge is 2.34. The number of nitrogens with zero attached hydrogens (tertiary/aromatic N) is 2. The van der Waals surface area contributed by atoms with E-state index in [-0.39, 0.29) is 5.91 Å². The summed E-state index contributed by atoms with van der Waals surface area (Å²) in [5.74, 6) is 0.0250. The Morgan fingerprint density at radius 1 is 1.28 bits per heavy atom. The third-order valence-corrected chi connectivity index (χ3v) is 4.79. The van der Waals surface area contributed by atoms with Crippen LogP contribution in [0.2, 0.25) is 0 Å². The highest BCUT2D eigenvalue weighted by atomic mass is 16.3. The lowest BCUT2D eigenvalue weighted by molar-refractivity contribution is -0.0324. The third-order valence-electron chi connectivity index (χ3n) is 4.79. The molecule has 0 unspecified atom stereocenters. The van der Waals surface area contributed by atoms with Crippen molar-refractivity contribution in [2.45, 2.75) is 50.7 Å². The summed E-state index contributed by atoms with van der Waals surface area (Å²) in [6.45, 7) is 5.38. The molecule has 0 aliphatic carbocycles. The van der Waals surface area contributed by atoms with Crippen molar-refractivity contribution in [3.8, 4) is 0 Å².